The van der Waals surface area contributed by atoms with Crippen LogP contribution in [-0.4, -0.2) is 109 Å². The summed E-state index contributed by atoms with van der Waals surface area (Å²) in [6.45, 7) is 9.27. The molecule has 0 radical (unpaired) electrons. The van der Waals surface area contributed by atoms with Crippen LogP contribution in [0.25, 0.3) is 0 Å². The SMILES string of the molecule is CCCCCC[C@H]1OC[C@@H](C)NC(=O)[C@H](CNC(=O)[C@H]2C[C@@H](N)C2)NC(=O)[C@H](CN)NC(=O)[C@H](C2CCCCC2)NC(=O)[C@H](CC(C)C)N(C)C(=O)[C@@H]1C. The van der Waals surface area contributed by atoms with Crippen LogP contribution in [0.5, 0.6) is 0 Å². The van der Waals surface area contributed by atoms with Gasteiger partial charge in [0.2, 0.25) is 35.4 Å². The van der Waals surface area contributed by atoms with Crippen LogP contribution in [0.15, 0.2) is 0 Å². The lowest BCUT2D eigenvalue weighted by Crippen LogP contribution is -2.62. The first-order valence-electron chi connectivity index (χ1n) is 20.5. The zero-order valence-corrected chi connectivity index (χ0v) is 33.6. The average Bonchev–Trinajstić information content (AvgIpc) is 3.13. The quantitative estimate of drug-likeness (QED) is 0.142. The number of nitrogens with zero attached hydrogens (tertiary/aromatic N) is 1. The van der Waals surface area contributed by atoms with E-state index >= 15 is 0 Å². The van der Waals surface area contributed by atoms with Gasteiger partial charge < -0.3 is 47.7 Å². The van der Waals surface area contributed by atoms with Gasteiger partial charge in [0.1, 0.15) is 24.2 Å². The normalized spacial score (nSPS) is 31.6. The smallest absolute Gasteiger partial charge is 0.244 e. The summed E-state index contributed by atoms with van der Waals surface area (Å²) in [5.74, 6) is -3.75. The van der Waals surface area contributed by atoms with Gasteiger partial charge >= 0.3 is 0 Å². The molecule has 3 fully saturated rings. The van der Waals surface area contributed by atoms with Gasteiger partial charge in [-0.3, -0.25) is 28.8 Å². The van der Waals surface area contributed by atoms with Gasteiger partial charge in [-0.25, -0.2) is 0 Å². The Labute approximate surface area is 322 Å². The van der Waals surface area contributed by atoms with Crippen LogP contribution in [0.2, 0.25) is 0 Å². The Morgan fingerprint density at radius 3 is 2.15 bits per heavy atom. The number of hydrogen-bond donors (Lipinski definition) is 7. The number of nitrogens with one attached hydrogen (secondary N) is 5. The first-order valence-corrected chi connectivity index (χ1v) is 20.5. The van der Waals surface area contributed by atoms with Gasteiger partial charge in [0, 0.05) is 38.1 Å². The van der Waals surface area contributed by atoms with E-state index in [4.69, 9.17) is 16.2 Å². The van der Waals surface area contributed by atoms with Crippen LogP contribution < -0.4 is 38.1 Å². The second-order valence-electron chi connectivity index (χ2n) is 16.4. The van der Waals surface area contributed by atoms with Crippen molar-refractivity contribution in [2.24, 2.45) is 35.1 Å². The van der Waals surface area contributed by atoms with Crippen LogP contribution in [0.4, 0.5) is 0 Å². The molecule has 3 rings (SSSR count). The lowest BCUT2D eigenvalue weighted by molar-refractivity contribution is -0.147. The molecule has 54 heavy (non-hydrogen) atoms. The number of unbranched alkanes of at least 4 members (excludes halogenated alkanes) is 3. The fourth-order valence-electron chi connectivity index (χ4n) is 7.74. The minimum absolute atomic E-state index is 0.0452. The summed E-state index contributed by atoms with van der Waals surface area (Å²) in [5, 5.41) is 14.1. The number of likely N-dealkylation sites (N-methyl/N-ethyl adjacent to an activating group) is 1. The maximum Gasteiger partial charge on any atom is 0.244 e. The Balaban J connectivity index is 1.98. The molecule has 6 amide bonds. The molecule has 7 atom stereocenters. The summed E-state index contributed by atoms with van der Waals surface area (Å²) >= 11 is 0. The Kier molecular flexibility index (Phi) is 18.6. The van der Waals surface area contributed by atoms with Gasteiger partial charge in [0.05, 0.1) is 18.6 Å². The van der Waals surface area contributed by atoms with Gasteiger partial charge in [-0.05, 0) is 57.3 Å². The van der Waals surface area contributed by atoms with E-state index in [2.05, 4.69) is 33.5 Å². The van der Waals surface area contributed by atoms with E-state index in [0.29, 0.717) is 38.5 Å². The average molecular weight is 763 g/mol. The molecule has 2 saturated carbocycles. The van der Waals surface area contributed by atoms with Gasteiger partial charge in [-0.1, -0.05) is 72.6 Å². The van der Waals surface area contributed by atoms with Crippen molar-refractivity contribution in [1.29, 1.82) is 0 Å². The topological polar surface area (TPSA) is 227 Å². The predicted octanol–water partition coefficient (Wildman–Crippen LogP) is 1.22. The molecule has 1 heterocycles. The fraction of sp³-hybridized carbons (Fsp3) is 0.846. The van der Waals surface area contributed by atoms with Crippen molar-refractivity contribution in [3.8, 4) is 0 Å². The van der Waals surface area contributed by atoms with Crippen molar-refractivity contribution < 1.29 is 33.5 Å². The zero-order valence-electron chi connectivity index (χ0n) is 33.6. The highest BCUT2D eigenvalue weighted by Gasteiger charge is 2.39. The number of rotatable bonds is 12. The summed E-state index contributed by atoms with van der Waals surface area (Å²) in [4.78, 5) is 84.2. The second-order valence-corrected chi connectivity index (χ2v) is 16.4. The zero-order chi connectivity index (χ0) is 39.9. The van der Waals surface area contributed by atoms with Crippen LogP contribution in [0.3, 0.4) is 0 Å². The number of carbonyl (C=O) groups is 6. The maximum atomic E-state index is 14.2. The lowest BCUT2D eigenvalue weighted by atomic mass is 9.80. The molecule has 308 valence electrons. The monoisotopic (exact) mass is 763 g/mol. The summed E-state index contributed by atoms with van der Waals surface area (Å²) in [5.41, 5.74) is 11.9. The molecule has 9 N–H and O–H groups in total. The standard InChI is InChI=1S/C39H70N8O7/c1-7-8-9-13-16-32-25(5)39(53)47(6)31(17-23(2)3)37(51)46-33(26-14-11-10-12-15-26)38(52)44-29(20-40)35(49)45-30(36(50)43-24(4)22-54-32)21-42-34(48)27-18-28(41)19-27/h23-33H,7-22,40-41H2,1-6H3,(H,42,48)(H,43,50)(H,44,52)(H,45,49)(H,46,51)/t24-,25-,27-,28+,29+,30+,31+,32-,33+/m1/s1. The third-order valence-corrected chi connectivity index (χ3v) is 11.3. The lowest BCUT2D eigenvalue weighted by Gasteiger charge is -2.36. The van der Waals surface area contributed by atoms with E-state index in [1.165, 1.54) is 4.90 Å². The van der Waals surface area contributed by atoms with E-state index in [1.807, 2.05) is 20.8 Å². The molecule has 0 unspecified atom stereocenters. The first-order chi connectivity index (χ1) is 25.7. The number of hydrogen-bond acceptors (Lipinski definition) is 9. The van der Waals surface area contributed by atoms with E-state index < -0.39 is 65.9 Å². The second kappa shape index (κ2) is 22.3. The molecule has 1 aliphatic heterocycles. The summed E-state index contributed by atoms with van der Waals surface area (Å²) in [6.07, 6.45) is 9.73. The fourth-order valence-corrected chi connectivity index (χ4v) is 7.74. The minimum atomic E-state index is -1.23. The van der Waals surface area contributed by atoms with Gasteiger partial charge in [-0.2, -0.15) is 0 Å². The highest BCUT2D eigenvalue weighted by atomic mass is 16.5. The summed E-state index contributed by atoms with van der Waals surface area (Å²) in [7, 11) is 1.63. The van der Waals surface area contributed by atoms with Crippen molar-refractivity contribution in [3.05, 3.63) is 0 Å². The molecule has 0 aromatic carbocycles. The summed E-state index contributed by atoms with van der Waals surface area (Å²) < 4.78 is 6.38. The Morgan fingerprint density at radius 1 is 0.889 bits per heavy atom. The van der Waals surface area contributed by atoms with E-state index in [1.54, 1.807) is 14.0 Å². The highest BCUT2D eigenvalue weighted by molar-refractivity contribution is 5.96. The van der Waals surface area contributed by atoms with E-state index in [-0.39, 0.29) is 55.3 Å². The van der Waals surface area contributed by atoms with E-state index in [9.17, 15) is 28.8 Å². The number of nitrogens with two attached hydrogens (primary N) is 2. The molecular formula is C39H70N8O7. The third-order valence-electron chi connectivity index (χ3n) is 11.3. The number of carbonyl (C=O) groups excluding carboxylic acids is 6. The Morgan fingerprint density at radius 2 is 1.54 bits per heavy atom. The van der Waals surface area contributed by atoms with Gasteiger partial charge in [0.25, 0.3) is 0 Å². The molecular weight excluding hydrogens is 692 g/mol. The Bertz CT molecular complexity index is 1260. The molecule has 15 nitrogen and oxygen atoms in total. The summed E-state index contributed by atoms with van der Waals surface area (Å²) in [6, 6.07) is -4.83. The van der Waals surface area contributed by atoms with Crippen LogP contribution in [0.1, 0.15) is 118 Å². The van der Waals surface area contributed by atoms with Crippen molar-refractivity contribution in [1.82, 2.24) is 31.5 Å². The molecule has 2 aliphatic carbocycles. The van der Waals surface area contributed by atoms with Gasteiger partial charge in [-0.15, -0.1) is 0 Å². The number of amides is 6. The first kappa shape index (κ1) is 45.1. The van der Waals surface area contributed by atoms with Crippen molar-refractivity contribution >= 4 is 35.4 Å². The van der Waals surface area contributed by atoms with Crippen LogP contribution in [0, 0.1) is 23.7 Å². The predicted molar refractivity (Wildman–Crippen MR) is 206 cm³/mol. The molecule has 0 aromatic heterocycles. The molecule has 15 heteroatoms. The van der Waals surface area contributed by atoms with E-state index in [0.717, 1.165) is 44.9 Å². The van der Waals surface area contributed by atoms with Crippen LogP contribution in [-0.2, 0) is 33.5 Å². The van der Waals surface area contributed by atoms with Crippen molar-refractivity contribution in [2.75, 3.05) is 26.7 Å². The van der Waals surface area contributed by atoms with Crippen molar-refractivity contribution in [3.63, 3.8) is 0 Å². The van der Waals surface area contributed by atoms with Crippen molar-refractivity contribution in [2.45, 2.75) is 160 Å². The molecule has 0 bridgehead atoms. The molecule has 3 aliphatic rings. The van der Waals surface area contributed by atoms with Gasteiger partial charge in [0.15, 0.2) is 0 Å². The highest BCUT2D eigenvalue weighted by Crippen LogP contribution is 2.28. The number of ether oxygens (including phenoxy) is 1. The molecule has 0 spiro atoms. The Hall–Kier alpha value is -3.30. The minimum Gasteiger partial charge on any atom is -0.375 e. The molecule has 0 aromatic rings. The third kappa shape index (κ3) is 13.5. The van der Waals surface area contributed by atoms with Crippen LogP contribution >= 0.6 is 0 Å². The maximum absolute atomic E-state index is 14.2. The molecule has 1 saturated heterocycles. The largest absolute Gasteiger partial charge is 0.375 e.